The Labute approximate surface area is 126 Å². The van der Waals surface area contributed by atoms with Gasteiger partial charge in [-0.15, -0.1) is 0 Å². The number of benzene rings is 1. The Morgan fingerprint density at radius 2 is 2.05 bits per heavy atom. The van der Waals surface area contributed by atoms with E-state index >= 15 is 0 Å². The summed E-state index contributed by atoms with van der Waals surface area (Å²) in [5.41, 5.74) is 0.0924. The maximum absolute atomic E-state index is 13.5. The minimum atomic E-state index is -0.643. The van der Waals surface area contributed by atoms with Gasteiger partial charge in [-0.2, -0.15) is 0 Å². The highest BCUT2D eigenvalue weighted by atomic mass is 79.9. The number of hydrogen-bond donors (Lipinski definition) is 3. The Morgan fingerprint density at radius 1 is 1.40 bits per heavy atom. The lowest BCUT2D eigenvalue weighted by Gasteiger charge is -2.25. The molecule has 3 N–H and O–H groups in total. The average molecular weight is 347 g/mol. The topological polar surface area (TPSA) is 61.4 Å². The molecule has 0 fully saturated rings. The van der Waals surface area contributed by atoms with Crippen molar-refractivity contribution >= 4 is 22.0 Å². The first kappa shape index (κ1) is 16.9. The molecule has 0 saturated heterocycles. The molecule has 20 heavy (non-hydrogen) atoms. The fourth-order valence-electron chi connectivity index (χ4n) is 1.41. The Morgan fingerprint density at radius 3 is 2.65 bits per heavy atom. The van der Waals surface area contributed by atoms with E-state index in [4.69, 9.17) is 0 Å². The van der Waals surface area contributed by atoms with Gasteiger partial charge in [0.2, 0.25) is 0 Å². The molecule has 4 nitrogen and oxygen atoms in total. The van der Waals surface area contributed by atoms with Crippen LogP contribution in [0.5, 0.6) is 0 Å². The first-order chi connectivity index (χ1) is 9.20. The van der Waals surface area contributed by atoms with E-state index in [1.807, 2.05) is 20.8 Å². The second-order valence-electron chi connectivity index (χ2n) is 5.68. The number of hydrogen-bond acceptors (Lipinski definition) is 2. The van der Waals surface area contributed by atoms with Crippen LogP contribution >= 0.6 is 15.9 Å². The van der Waals surface area contributed by atoms with E-state index in [-0.39, 0.29) is 24.3 Å². The Balaban J connectivity index is 2.42. The van der Waals surface area contributed by atoms with E-state index < -0.39 is 12.1 Å². The van der Waals surface area contributed by atoms with Crippen molar-refractivity contribution in [2.75, 3.05) is 6.54 Å². The van der Waals surface area contributed by atoms with E-state index in [0.29, 0.717) is 5.56 Å². The highest BCUT2D eigenvalue weighted by Gasteiger charge is 2.22. The van der Waals surface area contributed by atoms with Gasteiger partial charge < -0.3 is 15.7 Å². The largest absolute Gasteiger partial charge is 0.391 e. The molecule has 0 bridgehead atoms. The zero-order chi connectivity index (χ0) is 15.3. The predicted octanol–water partition coefficient (Wildman–Crippen LogP) is 2.79. The molecule has 112 valence electrons. The Bertz CT molecular complexity index is 475. The van der Waals surface area contributed by atoms with Gasteiger partial charge in [0, 0.05) is 23.1 Å². The van der Waals surface area contributed by atoms with Crippen molar-refractivity contribution < 1.29 is 14.3 Å². The monoisotopic (exact) mass is 346 g/mol. The highest BCUT2D eigenvalue weighted by molar-refractivity contribution is 9.10. The van der Waals surface area contributed by atoms with Crippen molar-refractivity contribution in [1.29, 1.82) is 0 Å². The van der Waals surface area contributed by atoms with Crippen LogP contribution in [0.15, 0.2) is 22.7 Å². The van der Waals surface area contributed by atoms with E-state index in [2.05, 4.69) is 26.6 Å². The molecule has 0 aliphatic carbocycles. The maximum atomic E-state index is 13.5. The molecule has 0 aliphatic rings. The molecule has 0 aliphatic heterocycles. The number of carbonyl (C=O) groups is 1. The van der Waals surface area contributed by atoms with Crippen molar-refractivity contribution in [2.24, 2.45) is 5.41 Å². The van der Waals surface area contributed by atoms with E-state index in [9.17, 15) is 14.3 Å². The van der Waals surface area contributed by atoms with Crippen molar-refractivity contribution in [3.8, 4) is 0 Å². The van der Waals surface area contributed by atoms with E-state index in [1.54, 1.807) is 12.1 Å². The molecule has 0 aromatic heterocycles. The van der Waals surface area contributed by atoms with Gasteiger partial charge in [-0.3, -0.25) is 0 Å². The van der Waals surface area contributed by atoms with Gasteiger partial charge >= 0.3 is 6.03 Å². The minimum absolute atomic E-state index is 0.0860. The molecule has 0 spiro atoms. The van der Waals surface area contributed by atoms with Gasteiger partial charge in [-0.25, -0.2) is 9.18 Å². The third-order valence-electron chi connectivity index (χ3n) is 2.90. The summed E-state index contributed by atoms with van der Waals surface area (Å²) < 4.78 is 14.2. The molecule has 0 heterocycles. The summed E-state index contributed by atoms with van der Waals surface area (Å²) >= 11 is 3.25. The van der Waals surface area contributed by atoms with Crippen molar-refractivity contribution in [3.63, 3.8) is 0 Å². The molecule has 0 radical (unpaired) electrons. The second kappa shape index (κ2) is 7.04. The fraction of sp³-hybridized carbons (Fsp3) is 0.500. The van der Waals surface area contributed by atoms with E-state index in [0.717, 1.165) is 4.47 Å². The summed E-state index contributed by atoms with van der Waals surface area (Å²) in [6.45, 7) is 5.88. The SMILES string of the molecule is CC(C)(C)C(O)CNC(=O)NCc1cc(Br)ccc1F. The number of carbonyl (C=O) groups excluding carboxylic acids is 1. The van der Waals surface area contributed by atoms with Gasteiger partial charge in [0.1, 0.15) is 5.82 Å². The van der Waals surface area contributed by atoms with E-state index in [1.165, 1.54) is 6.07 Å². The first-order valence-corrected chi connectivity index (χ1v) is 7.13. The highest BCUT2D eigenvalue weighted by Crippen LogP contribution is 2.18. The van der Waals surface area contributed by atoms with Crippen molar-refractivity contribution in [2.45, 2.75) is 33.4 Å². The Hall–Kier alpha value is -1.14. The molecular weight excluding hydrogens is 327 g/mol. The van der Waals surface area contributed by atoms with Crippen LogP contribution in [-0.2, 0) is 6.54 Å². The zero-order valence-corrected chi connectivity index (χ0v) is 13.4. The lowest BCUT2D eigenvalue weighted by molar-refractivity contribution is 0.0650. The molecule has 6 heteroatoms. The van der Waals surface area contributed by atoms with Crippen LogP contribution in [-0.4, -0.2) is 23.8 Å². The quantitative estimate of drug-likeness (QED) is 0.784. The number of aliphatic hydroxyl groups is 1. The third-order valence-corrected chi connectivity index (χ3v) is 3.40. The summed E-state index contributed by atoms with van der Waals surface area (Å²) in [5.74, 6) is -0.372. The summed E-state index contributed by atoms with van der Waals surface area (Å²) in [4.78, 5) is 11.6. The molecule has 1 rings (SSSR count). The van der Waals surface area contributed by atoms with Crippen LogP contribution in [0.2, 0.25) is 0 Å². The van der Waals surface area contributed by atoms with Crippen LogP contribution in [0.4, 0.5) is 9.18 Å². The average Bonchev–Trinajstić information content (AvgIpc) is 2.35. The molecular formula is C14H20BrFN2O2. The maximum Gasteiger partial charge on any atom is 0.315 e. The van der Waals surface area contributed by atoms with Gasteiger partial charge in [-0.1, -0.05) is 36.7 Å². The fourth-order valence-corrected chi connectivity index (χ4v) is 1.82. The second-order valence-corrected chi connectivity index (χ2v) is 6.60. The van der Waals surface area contributed by atoms with Crippen LogP contribution < -0.4 is 10.6 Å². The first-order valence-electron chi connectivity index (χ1n) is 6.34. The summed E-state index contributed by atoms with van der Waals surface area (Å²) in [6.07, 6.45) is -0.643. The summed E-state index contributed by atoms with van der Waals surface area (Å²) in [7, 11) is 0. The third kappa shape index (κ3) is 5.46. The molecule has 1 aromatic rings. The molecule has 1 aromatic carbocycles. The van der Waals surface area contributed by atoms with Crippen LogP contribution in [0.3, 0.4) is 0 Å². The molecule has 2 amide bonds. The minimum Gasteiger partial charge on any atom is -0.391 e. The lowest BCUT2D eigenvalue weighted by Crippen LogP contribution is -2.43. The molecule has 1 atom stereocenters. The van der Waals surface area contributed by atoms with Crippen LogP contribution in [0.1, 0.15) is 26.3 Å². The van der Waals surface area contributed by atoms with Crippen molar-refractivity contribution in [3.05, 3.63) is 34.1 Å². The predicted molar refractivity (Wildman–Crippen MR) is 79.8 cm³/mol. The lowest BCUT2D eigenvalue weighted by atomic mass is 9.89. The van der Waals surface area contributed by atoms with Gasteiger partial charge in [0.25, 0.3) is 0 Å². The summed E-state index contributed by atoms with van der Waals surface area (Å²) in [5, 5.41) is 14.9. The number of amides is 2. The number of urea groups is 1. The number of halogens is 2. The normalized spacial score (nSPS) is 12.9. The van der Waals surface area contributed by atoms with Gasteiger partial charge in [0.15, 0.2) is 0 Å². The van der Waals surface area contributed by atoms with Gasteiger partial charge in [0.05, 0.1) is 6.10 Å². The van der Waals surface area contributed by atoms with Crippen LogP contribution in [0.25, 0.3) is 0 Å². The number of aliphatic hydroxyl groups excluding tert-OH is 1. The number of nitrogens with one attached hydrogen (secondary N) is 2. The molecule has 1 unspecified atom stereocenters. The number of rotatable bonds is 4. The van der Waals surface area contributed by atoms with Crippen molar-refractivity contribution in [1.82, 2.24) is 10.6 Å². The summed E-state index contributed by atoms with van der Waals surface area (Å²) in [6, 6.07) is 4.10. The standard InChI is InChI=1S/C14H20BrFN2O2/c1-14(2,3)12(19)8-18-13(20)17-7-9-6-10(15)4-5-11(9)16/h4-6,12,19H,7-8H2,1-3H3,(H2,17,18,20). The zero-order valence-electron chi connectivity index (χ0n) is 11.8. The van der Waals surface area contributed by atoms with Gasteiger partial charge in [-0.05, 0) is 23.6 Å². The molecule has 0 saturated carbocycles. The smallest absolute Gasteiger partial charge is 0.315 e. The Kier molecular flexibility index (Phi) is 5.95. The van der Waals surface area contributed by atoms with Crippen LogP contribution in [0, 0.1) is 11.2 Å².